The monoisotopic (exact) mass is 239 g/mol. The van der Waals surface area contributed by atoms with E-state index in [1.165, 1.54) is 13.3 Å². The molecule has 1 aromatic rings. The summed E-state index contributed by atoms with van der Waals surface area (Å²) in [6.07, 6.45) is 4.64. The number of hydrogen-bond donors (Lipinski definition) is 1. The highest BCUT2D eigenvalue weighted by Gasteiger charge is 2.28. The summed E-state index contributed by atoms with van der Waals surface area (Å²) in [5.74, 6) is -0.685. The van der Waals surface area contributed by atoms with Gasteiger partial charge in [0.05, 0.1) is 13.3 Å². The summed E-state index contributed by atoms with van der Waals surface area (Å²) >= 11 is 0. The molecule has 0 bridgehead atoms. The number of rotatable bonds is 3. The van der Waals surface area contributed by atoms with Crippen LogP contribution in [-0.4, -0.2) is 46.5 Å². The molecule has 0 aromatic carbocycles. The largest absolute Gasteiger partial charge is 0.493 e. The quantitative estimate of drug-likeness (QED) is 0.858. The van der Waals surface area contributed by atoms with E-state index >= 15 is 0 Å². The third kappa shape index (κ3) is 2.12. The number of aromatic nitrogens is 2. The van der Waals surface area contributed by atoms with E-state index in [9.17, 15) is 9.90 Å². The van der Waals surface area contributed by atoms with Crippen LogP contribution in [0.2, 0.25) is 0 Å². The van der Waals surface area contributed by atoms with Gasteiger partial charge in [0, 0.05) is 0 Å². The highest BCUT2D eigenvalue weighted by molar-refractivity contribution is 5.88. The maximum atomic E-state index is 11.3. The minimum atomic E-state index is -1.00. The SMILES string of the molecule is COc1cnn(C2CCCCN2C)c1C(=O)O. The molecule has 6 heteroatoms. The van der Waals surface area contributed by atoms with Gasteiger partial charge >= 0.3 is 5.97 Å². The third-order valence-electron chi connectivity index (χ3n) is 3.20. The average molecular weight is 239 g/mol. The molecule has 1 unspecified atom stereocenters. The summed E-state index contributed by atoms with van der Waals surface area (Å²) in [6, 6.07) is 0. The third-order valence-corrected chi connectivity index (χ3v) is 3.20. The van der Waals surface area contributed by atoms with Crippen molar-refractivity contribution in [3.8, 4) is 5.75 Å². The van der Waals surface area contributed by atoms with Crippen molar-refractivity contribution in [3.63, 3.8) is 0 Å². The Morgan fingerprint density at radius 2 is 2.35 bits per heavy atom. The molecule has 0 saturated carbocycles. The van der Waals surface area contributed by atoms with E-state index in [-0.39, 0.29) is 11.9 Å². The number of piperidine rings is 1. The Labute approximate surface area is 99.8 Å². The molecule has 1 aliphatic rings. The number of aromatic carboxylic acids is 1. The maximum absolute atomic E-state index is 11.3. The van der Waals surface area contributed by atoms with Crippen molar-refractivity contribution in [2.45, 2.75) is 25.4 Å². The second kappa shape index (κ2) is 4.75. The molecule has 6 nitrogen and oxygen atoms in total. The van der Waals surface area contributed by atoms with Crippen molar-refractivity contribution in [2.24, 2.45) is 0 Å². The van der Waals surface area contributed by atoms with Gasteiger partial charge in [-0.3, -0.25) is 4.90 Å². The van der Waals surface area contributed by atoms with Gasteiger partial charge in [0.15, 0.2) is 11.4 Å². The number of carboxylic acid groups (broad SMARTS) is 1. The molecular formula is C11H17N3O3. The Balaban J connectivity index is 2.37. The Bertz CT molecular complexity index is 416. The molecule has 2 rings (SSSR count). The molecule has 0 amide bonds. The van der Waals surface area contributed by atoms with Crippen LogP contribution >= 0.6 is 0 Å². The van der Waals surface area contributed by atoms with Crippen LogP contribution in [0.1, 0.15) is 35.9 Å². The molecule has 1 aromatic heterocycles. The van der Waals surface area contributed by atoms with Gasteiger partial charge in [-0.15, -0.1) is 0 Å². The van der Waals surface area contributed by atoms with Crippen molar-refractivity contribution in [2.75, 3.05) is 20.7 Å². The number of nitrogens with zero attached hydrogens (tertiary/aromatic N) is 3. The zero-order valence-electron chi connectivity index (χ0n) is 10.1. The van der Waals surface area contributed by atoms with Gasteiger partial charge in [-0.25, -0.2) is 9.48 Å². The highest BCUT2D eigenvalue weighted by atomic mass is 16.5. The number of carboxylic acids is 1. The zero-order valence-corrected chi connectivity index (χ0v) is 10.1. The molecule has 1 fully saturated rings. The molecule has 1 atom stereocenters. The Morgan fingerprint density at radius 1 is 1.59 bits per heavy atom. The Kier molecular flexibility index (Phi) is 3.33. The van der Waals surface area contributed by atoms with E-state index in [4.69, 9.17) is 4.74 Å². The first-order chi connectivity index (χ1) is 8.15. The number of carbonyl (C=O) groups is 1. The molecule has 1 aliphatic heterocycles. The van der Waals surface area contributed by atoms with Crippen molar-refractivity contribution in [1.29, 1.82) is 0 Å². The molecule has 17 heavy (non-hydrogen) atoms. The van der Waals surface area contributed by atoms with Crippen LogP contribution in [0, 0.1) is 0 Å². The van der Waals surface area contributed by atoms with Crippen LogP contribution in [0.15, 0.2) is 6.20 Å². The van der Waals surface area contributed by atoms with E-state index in [0.29, 0.717) is 5.75 Å². The fourth-order valence-electron chi connectivity index (χ4n) is 2.29. The predicted molar refractivity (Wildman–Crippen MR) is 61.3 cm³/mol. The van der Waals surface area contributed by atoms with Crippen LogP contribution in [0.5, 0.6) is 5.75 Å². The number of hydrogen-bond acceptors (Lipinski definition) is 4. The number of likely N-dealkylation sites (tertiary alicyclic amines) is 1. The first kappa shape index (κ1) is 11.9. The minimum Gasteiger partial charge on any atom is -0.493 e. The lowest BCUT2D eigenvalue weighted by molar-refractivity contribution is 0.0638. The van der Waals surface area contributed by atoms with Gasteiger partial charge in [-0.1, -0.05) is 0 Å². The van der Waals surface area contributed by atoms with Gasteiger partial charge in [-0.05, 0) is 32.9 Å². The molecule has 94 valence electrons. The van der Waals surface area contributed by atoms with E-state index < -0.39 is 5.97 Å². The van der Waals surface area contributed by atoms with Crippen molar-refractivity contribution < 1.29 is 14.6 Å². The lowest BCUT2D eigenvalue weighted by atomic mass is 10.1. The van der Waals surface area contributed by atoms with Crippen LogP contribution in [-0.2, 0) is 0 Å². The summed E-state index contributed by atoms with van der Waals surface area (Å²) in [4.78, 5) is 13.4. The standard InChI is InChI=1S/C11H17N3O3/c1-13-6-4-3-5-9(13)14-10(11(15)16)8(17-2)7-12-14/h7,9H,3-6H2,1-2H3,(H,15,16). The first-order valence-electron chi connectivity index (χ1n) is 5.70. The van der Waals surface area contributed by atoms with Gasteiger partial charge in [0.25, 0.3) is 0 Å². The maximum Gasteiger partial charge on any atom is 0.358 e. The molecule has 1 saturated heterocycles. The summed E-state index contributed by atoms with van der Waals surface area (Å²) in [5, 5.41) is 13.4. The molecule has 0 spiro atoms. The number of ether oxygens (including phenoxy) is 1. The van der Waals surface area contributed by atoms with Crippen LogP contribution in [0.3, 0.4) is 0 Å². The molecular weight excluding hydrogens is 222 g/mol. The van der Waals surface area contributed by atoms with Crippen molar-refractivity contribution in [1.82, 2.24) is 14.7 Å². The summed E-state index contributed by atoms with van der Waals surface area (Å²) in [6.45, 7) is 0.964. The minimum absolute atomic E-state index is 0.0127. The van der Waals surface area contributed by atoms with Gasteiger partial charge in [0.1, 0.15) is 6.17 Å². The molecule has 2 heterocycles. The van der Waals surface area contributed by atoms with Crippen molar-refractivity contribution in [3.05, 3.63) is 11.9 Å². The average Bonchev–Trinajstić information content (AvgIpc) is 2.73. The van der Waals surface area contributed by atoms with Crippen LogP contribution in [0.4, 0.5) is 0 Å². The van der Waals surface area contributed by atoms with Gasteiger partial charge in [0.2, 0.25) is 0 Å². The highest BCUT2D eigenvalue weighted by Crippen LogP contribution is 2.28. The molecule has 0 radical (unpaired) electrons. The zero-order chi connectivity index (χ0) is 12.4. The second-order valence-electron chi connectivity index (χ2n) is 4.27. The van der Waals surface area contributed by atoms with Gasteiger partial charge in [-0.2, -0.15) is 5.10 Å². The number of methoxy groups -OCH3 is 1. The summed E-state index contributed by atoms with van der Waals surface area (Å²) in [5.41, 5.74) is 0.131. The Hall–Kier alpha value is -1.56. The van der Waals surface area contributed by atoms with E-state index in [1.807, 2.05) is 7.05 Å². The van der Waals surface area contributed by atoms with Gasteiger partial charge < -0.3 is 9.84 Å². The summed E-state index contributed by atoms with van der Waals surface area (Å²) < 4.78 is 6.59. The summed E-state index contributed by atoms with van der Waals surface area (Å²) in [7, 11) is 3.45. The van der Waals surface area contributed by atoms with Crippen LogP contribution in [0.25, 0.3) is 0 Å². The fraction of sp³-hybridized carbons (Fsp3) is 0.636. The van der Waals surface area contributed by atoms with E-state index in [0.717, 1.165) is 25.8 Å². The van der Waals surface area contributed by atoms with Crippen LogP contribution < -0.4 is 4.74 Å². The topological polar surface area (TPSA) is 67.6 Å². The predicted octanol–water partition coefficient (Wildman–Crippen LogP) is 1.20. The fourth-order valence-corrected chi connectivity index (χ4v) is 2.29. The molecule has 0 aliphatic carbocycles. The second-order valence-corrected chi connectivity index (χ2v) is 4.27. The van der Waals surface area contributed by atoms with E-state index in [1.54, 1.807) is 4.68 Å². The van der Waals surface area contributed by atoms with Crippen molar-refractivity contribution >= 4 is 5.97 Å². The molecule has 1 N–H and O–H groups in total. The first-order valence-corrected chi connectivity index (χ1v) is 5.70. The smallest absolute Gasteiger partial charge is 0.358 e. The lowest BCUT2D eigenvalue weighted by Crippen LogP contribution is -2.35. The Morgan fingerprint density at radius 3 is 2.94 bits per heavy atom. The normalized spacial score (nSPS) is 21.4. The lowest BCUT2D eigenvalue weighted by Gasteiger charge is -2.32. The van der Waals surface area contributed by atoms with E-state index in [2.05, 4.69) is 10.00 Å².